The van der Waals surface area contributed by atoms with Crippen LogP contribution in [0.5, 0.6) is 0 Å². The van der Waals surface area contributed by atoms with Crippen molar-refractivity contribution < 1.29 is 4.79 Å². The maximum Gasteiger partial charge on any atom is 0.236 e. The second kappa shape index (κ2) is 12.8. The second-order valence-corrected chi connectivity index (χ2v) is 9.22. The Bertz CT molecular complexity index is 696. The number of amides is 1. The van der Waals surface area contributed by atoms with Gasteiger partial charge < -0.3 is 15.1 Å². The molecule has 9 heteroatoms. The number of hydrogen-bond acceptors (Lipinski definition) is 5. The van der Waals surface area contributed by atoms with Crippen LogP contribution >= 0.6 is 35.3 Å². The summed E-state index contributed by atoms with van der Waals surface area (Å²) in [5, 5.41) is 4.56. The van der Waals surface area contributed by atoms with Crippen molar-refractivity contribution in [1.29, 1.82) is 0 Å². The molecule has 170 valence electrons. The number of rotatable bonds is 6. The average Bonchev–Trinajstić information content (AvgIpc) is 3.05. The van der Waals surface area contributed by atoms with Gasteiger partial charge >= 0.3 is 0 Å². The number of halogens is 1. The summed E-state index contributed by atoms with van der Waals surface area (Å²) in [5.74, 6) is 1.29. The van der Waals surface area contributed by atoms with Crippen LogP contribution in [-0.4, -0.2) is 90.5 Å². The molecule has 0 aromatic carbocycles. The standard InChI is InChI=1S/C21H36N6OS.HI/c1-4-22-21(23-9-8-19-17(2)24-18(3)29-19)27-14-12-25(13-15-27)16-20(28)26-10-6-5-7-11-26;/h4-16H2,1-3H3,(H,22,23);1H. The highest BCUT2D eigenvalue weighted by Gasteiger charge is 2.24. The first kappa shape index (κ1) is 25.3. The summed E-state index contributed by atoms with van der Waals surface area (Å²) in [7, 11) is 0. The molecule has 2 aliphatic heterocycles. The maximum atomic E-state index is 12.5. The fraction of sp³-hybridized carbons (Fsp3) is 0.762. The SMILES string of the molecule is CCNC(=NCCc1sc(C)nc1C)N1CCN(CC(=O)N2CCCCC2)CC1.I. The van der Waals surface area contributed by atoms with Gasteiger partial charge in [-0.25, -0.2) is 4.98 Å². The molecule has 30 heavy (non-hydrogen) atoms. The van der Waals surface area contributed by atoms with E-state index in [2.05, 4.69) is 40.9 Å². The first-order chi connectivity index (χ1) is 14.1. The summed E-state index contributed by atoms with van der Waals surface area (Å²) < 4.78 is 0. The molecule has 2 fully saturated rings. The van der Waals surface area contributed by atoms with Crippen molar-refractivity contribution in [3.05, 3.63) is 15.6 Å². The Morgan fingerprint density at radius 1 is 1.07 bits per heavy atom. The number of nitrogens with one attached hydrogen (secondary N) is 1. The number of carbonyl (C=O) groups excluding carboxylic acids is 1. The van der Waals surface area contributed by atoms with Crippen LogP contribution in [0.25, 0.3) is 0 Å². The molecule has 2 aliphatic rings. The van der Waals surface area contributed by atoms with Crippen LogP contribution in [-0.2, 0) is 11.2 Å². The van der Waals surface area contributed by atoms with E-state index in [1.54, 1.807) is 11.3 Å². The first-order valence-corrected chi connectivity index (χ1v) is 11.8. The smallest absolute Gasteiger partial charge is 0.236 e. The van der Waals surface area contributed by atoms with Crippen molar-refractivity contribution in [3.63, 3.8) is 0 Å². The lowest BCUT2D eigenvalue weighted by Gasteiger charge is -2.37. The van der Waals surface area contributed by atoms with Crippen LogP contribution in [0.15, 0.2) is 4.99 Å². The average molecular weight is 549 g/mol. The summed E-state index contributed by atoms with van der Waals surface area (Å²) in [6.07, 6.45) is 4.51. The molecule has 1 N–H and O–H groups in total. The molecule has 0 bridgehead atoms. The highest BCUT2D eigenvalue weighted by Crippen LogP contribution is 2.17. The molecule has 0 unspecified atom stereocenters. The zero-order chi connectivity index (χ0) is 20.6. The monoisotopic (exact) mass is 548 g/mol. The van der Waals surface area contributed by atoms with Crippen LogP contribution in [0.1, 0.15) is 41.8 Å². The van der Waals surface area contributed by atoms with E-state index >= 15 is 0 Å². The number of likely N-dealkylation sites (tertiary alicyclic amines) is 1. The van der Waals surface area contributed by atoms with Crippen molar-refractivity contribution in [2.45, 2.75) is 46.5 Å². The van der Waals surface area contributed by atoms with Gasteiger partial charge in [0.25, 0.3) is 0 Å². The number of nitrogens with zero attached hydrogens (tertiary/aromatic N) is 5. The molecule has 0 saturated carbocycles. The second-order valence-electron chi connectivity index (χ2n) is 7.93. The lowest BCUT2D eigenvalue weighted by molar-refractivity contribution is -0.133. The van der Waals surface area contributed by atoms with E-state index < -0.39 is 0 Å². The summed E-state index contributed by atoms with van der Waals surface area (Å²) in [6.45, 7) is 14.0. The molecule has 0 spiro atoms. The van der Waals surface area contributed by atoms with Gasteiger partial charge in [-0.15, -0.1) is 35.3 Å². The molecule has 0 radical (unpaired) electrons. The number of hydrogen-bond donors (Lipinski definition) is 1. The van der Waals surface area contributed by atoms with E-state index in [1.807, 2.05) is 4.90 Å². The molecular formula is C21H37IN6OS. The minimum absolute atomic E-state index is 0. The summed E-state index contributed by atoms with van der Waals surface area (Å²) >= 11 is 1.78. The molecular weight excluding hydrogens is 511 g/mol. The number of piperidine rings is 1. The summed E-state index contributed by atoms with van der Waals surface area (Å²) in [6, 6.07) is 0. The van der Waals surface area contributed by atoms with Gasteiger partial charge in [-0.05, 0) is 40.0 Å². The fourth-order valence-corrected chi connectivity index (χ4v) is 4.97. The van der Waals surface area contributed by atoms with Gasteiger partial charge in [-0.2, -0.15) is 0 Å². The molecule has 1 amide bonds. The molecule has 2 saturated heterocycles. The summed E-state index contributed by atoms with van der Waals surface area (Å²) in [4.78, 5) is 29.9. The number of aromatic nitrogens is 1. The Kier molecular flexibility index (Phi) is 10.8. The van der Waals surface area contributed by atoms with Crippen molar-refractivity contribution in [3.8, 4) is 0 Å². The fourth-order valence-electron chi connectivity index (χ4n) is 4.05. The van der Waals surface area contributed by atoms with E-state index in [-0.39, 0.29) is 24.0 Å². The quantitative estimate of drug-likeness (QED) is 0.337. The predicted octanol–water partition coefficient (Wildman–Crippen LogP) is 2.52. The molecule has 3 rings (SSSR count). The zero-order valence-corrected chi connectivity index (χ0v) is 21.8. The van der Waals surface area contributed by atoms with Gasteiger partial charge in [0.1, 0.15) is 0 Å². The van der Waals surface area contributed by atoms with Crippen LogP contribution in [0, 0.1) is 13.8 Å². The molecule has 3 heterocycles. The van der Waals surface area contributed by atoms with Gasteiger partial charge in [0.05, 0.1) is 17.2 Å². The maximum absolute atomic E-state index is 12.5. The summed E-state index contributed by atoms with van der Waals surface area (Å²) in [5.41, 5.74) is 1.14. The number of thiazole rings is 1. The highest BCUT2D eigenvalue weighted by atomic mass is 127. The van der Waals surface area contributed by atoms with Gasteiger partial charge in [0.2, 0.25) is 5.91 Å². The van der Waals surface area contributed by atoms with E-state index in [9.17, 15) is 4.79 Å². The first-order valence-electron chi connectivity index (χ1n) is 11.0. The lowest BCUT2D eigenvalue weighted by atomic mass is 10.1. The zero-order valence-electron chi connectivity index (χ0n) is 18.7. The third kappa shape index (κ3) is 7.33. The predicted molar refractivity (Wildman–Crippen MR) is 135 cm³/mol. The van der Waals surface area contributed by atoms with Crippen LogP contribution < -0.4 is 5.32 Å². The number of aryl methyl sites for hydroxylation is 2. The van der Waals surface area contributed by atoms with Crippen molar-refractivity contribution >= 4 is 47.2 Å². The number of aliphatic imine (C=N–C) groups is 1. The van der Waals surface area contributed by atoms with Gasteiger partial charge in [0.15, 0.2) is 5.96 Å². The number of guanidine groups is 1. The van der Waals surface area contributed by atoms with E-state index in [4.69, 9.17) is 4.99 Å². The topological polar surface area (TPSA) is 64.1 Å². The number of carbonyl (C=O) groups is 1. The number of piperazine rings is 1. The third-order valence-corrected chi connectivity index (χ3v) is 6.81. The third-order valence-electron chi connectivity index (χ3n) is 5.67. The molecule has 1 aromatic rings. The van der Waals surface area contributed by atoms with Crippen LogP contribution in [0.4, 0.5) is 0 Å². The molecule has 1 aromatic heterocycles. The van der Waals surface area contributed by atoms with Crippen molar-refractivity contribution in [2.24, 2.45) is 4.99 Å². The minimum atomic E-state index is 0. The Morgan fingerprint density at radius 2 is 1.77 bits per heavy atom. The molecule has 0 atom stereocenters. The Balaban J connectivity index is 0.00000320. The van der Waals surface area contributed by atoms with Gasteiger partial charge in [0, 0.05) is 63.7 Å². The normalized spacial score (nSPS) is 18.3. The highest BCUT2D eigenvalue weighted by molar-refractivity contribution is 14.0. The largest absolute Gasteiger partial charge is 0.357 e. The Morgan fingerprint density at radius 3 is 2.37 bits per heavy atom. The van der Waals surface area contributed by atoms with Crippen LogP contribution in [0.2, 0.25) is 0 Å². The molecule has 0 aliphatic carbocycles. The van der Waals surface area contributed by atoms with Gasteiger partial charge in [-0.1, -0.05) is 0 Å². The van der Waals surface area contributed by atoms with Gasteiger partial charge in [-0.3, -0.25) is 14.7 Å². The van der Waals surface area contributed by atoms with E-state index in [1.165, 1.54) is 11.3 Å². The van der Waals surface area contributed by atoms with E-state index in [0.717, 1.165) is 88.3 Å². The molecule has 7 nitrogen and oxygen atoms in total. The Labute approximate surface area is 202 Å². The van der Waals surface area contributed by atoms with Crippen LogP contribution in [0.3, 0.4) is 0 Å². The van der Waals surface area contributed by atoms with E-state index in [0.29, 0.717) is 12.5 Å². The minimum Gasteiger partial charge on any atom is -0.357 e. The van der Waals surface area contributed by atoms with Crippen molar-refractivity contribution in [1.82, 2.24) is 25.0 Å². The lowest BCUT2D eigenvalue weighted by Crippen LogP contribution is -2.54. The van der Waals surface area contributed by atoms with Crippen molar-refractivity contribution in [2.75, 3.05) is 58.9 Å². The Hall–Kier alpha value is -0.940.